The van der Waals surface area contributed by atoms with Crippen molar-refractivity contribution >= 4 is 29.4 Å². The van der Waals surface area contributed by atoms with Gasteiger partial charge in [0.05, 0.1) is 5.69 Å². The first-order valence-corrected chi connectivity index (χ1v) is 8.11. The Morgan fingerprint density at radius 3 is 2.88 bits per heavy atom. The molecule has 0 atom stereocenters. The second-order valence-electron chi connectivity index (χ2n) is 5.50. The molecule has 0 spiro atoms. The van der Waals surface area contributed by atoms with Crippen LogP contribution in [0.1, 0.15) is 23.7 Å². The molecule has 0 aliphatic carbocycles. The lowest BCUT2D eigenvalue weighted by Crippen LogP contribution is -2.21. The van der Waals surface area contributed by atoms with E-state index in [1.54, 1.807) is 24.0 Å². The molecule has 0 aromatic carbocycles. The van der Waals surface area contributed by atoms with Crippen LogP contribution in [0, 0.1) is 6.92 Å². The topological polar surface area (TPSA) is 63.1 Å². The Morgan fingerprint density at radius 1 is 1.50 bits per heavy atom. The van der Waals surface area contributed by atoms with Gasteiger partial charge in [-0.15, -0.1) is 0 Å². The van der Waals surface area contributed by atoms with E-state index in [4.69, 9.17) is 11.6 Å². The molecule has 24 heavy (non-hydrogen) atoms. The van der Waals surface area contributed by atoms with Crippen molar-refractivity contribution in [1.82, 2.24) is 20.1 Å². The molecule has 0 radical (unpaired) electrons. The van der Waals surface area contributed by atoms with E-state index in [1.807, 2.05) is 31.0 Å². The van der Waals surface area contributed by atoms with Gasteiger partial charge in [0.25, 0.3) is 0 Å². The molecule has 0 unspecified atom stereocenters. The summed E-state index contributed by atoms with van der Waals surface area (Å²) in [5.41, 5.74) is 2.54. The fourth-order valence-corrected chi connectivity index (χ4v) is 2.42. The van der Waals surface area contributed by atoms with Gasteiger partial charge in [0.15, 0.2) is 0 Å². The molecule has 0 aliphatic heterocycles. The van der Waals surface area contributed by atoms with Gasteiger partial charge in [-0.2, -0.15) is 5.10 Å². The van der Waals surface area contributed by atoms with Crippen molar-refractivity contribution < 1.29 is 4.79 Å². The second-order valence-corrected chi connectivity index (χ2v) is 5.86. The van der Waals surface area contributed by atoms with Crippen LogP contribution < -0.4 is 10.2 Å². The quantitative estimate of drug-likeness (QED) is 0.816. The highest BCUT2D eigenvalue weighted by Gasteiger charge is 2.08. The average Bonchev–Trinajstić information content (AvgIpc) is 2.83. The van der Waals surface area contributed by atoms with Crippen LogP contribution in [-0.2, 0) is 18.4 Å². The maximum Gasteiger partial charge on any atom is 0.244 e. The number of aryl methyl sites for hydroxylation is 2. The van der Waals surface area contributed by atoms with Gasteiger partial charge in [0.2, 0.25) is 5.91 Å². The van der Waals surface area contributed by atoms with Gasteiger partial charge < -0.3 is 10.2 Å². The number of nitrogens with zero attached hydrogens (tertiary/aromatic N) is 4. The van der Waals surface area contributed by atoms with Crippen LogP contribution in [0.3, 0.4) is 0 Å². The maximum atomic E-state index is 12.0. The minimum atomic E-state index is -0.184. The summed E-state index contributed by atoms with van der Waals surface area (Å²) >= 11 is 6.14. The van der Waals surface area contributed by atoms with Crippen molar-refractivity contribution in [3.05, 3.63) is 46.4 Å². The molecule has 0 aliphatic rings. The summed E-state index contributed by atoms with van der Waals surface area (Å²) < 4.78 is 1.58. The van der Waals surface area contributed by atoms with Crippen LogP contribution in [0.15, 0.2) is 24.4 Å². The van der Waals surface area contributed by atoms with Gasteiger partial charge in [-0.3, -0.25) is 9.48 Å². The summed E-state index contributed by atoms with van der Waals surface area (Å²) in [6, 6.07) is 3.86. The number of carbonyl (C=O) groups is 1. The van der Waals surface area contributed by atoms with E-state index in [1.165, 1.54) is 6.08 Å². The van der Waals surface area contributed by atoms with Crippen LogP contribution in [0.2, 0.25) is 5.15 Å². The number of carbonyl (C=O) groups excluding carboxylic acids is 1. The predicted octanol–water partition coefficient (Wildman–Crippen LogP) is 2.56. The SMILES string of the molecule is CCN(C)c1cc(CNC(=O)/C=C\c2c(C)nn(C)c2Cl)ccn1. The first-order chi connectivity index (χ1) is 11.4. The minimum Gasteiger partial charge on any atom is -0.360 e. The molecule has 1 N–H and O–H groups in total. The number of anilines is 1. The van der Waals surface area contributed by atoms with E-state index in [0.717, 1.165) is 29.2 Å². The van der Waals surface area contributed by atoms with Crippen molar-refractivity contribution in [1.29, 1.82) is 0 Å². The zero-order valence-electron chi connectivity index (χ0n) is 14.4. The minimum absolute atomic E-state index is 0.184. The first kappa shape index (κ1) is 18.0. The Labute approximate surface area is 147 Å². The van der Waals surface area contributed by atoms with Gasteiger partial charge in [-0.25, -0.2) is 4.98 Å². The van der Waals surface area contributed by atoms with Crippen LogP contribution in [0.25, 0.3) is 6.08 Å². The van der Waals surface area contributed by atoms with E-state index in [9.17, 15) is 4.79 Å². The molecule has 2 aromatic rings. The van der Waals surface area contributed by atoms with E-state index < -0.39 is 0 Å². The summed E-state index contributed by atoms with van der Waals surface area (Å²) in [6.07, 6.45) is 4.90. The molecule has 2 heterocycles. The molecule has 2 rings (SSSR count). The molecule has 0 bridgehead atoms. The zero-order chi connectivity index (χ0) is 17.7. The number of nitrogens with one attached hydrogen (secondary N) is 1. The number of amides is 1. The van der Waals surface area contributed by atoms with Crippen molar-refractivity contribution in [2.45, 2.75) is 20.4 Å². The van der Waals surface area contributed by atoms with Gasteiger partial charge in [-0.1, -0.05) is 11.6 Å². The number of rotatable bonds is 6. The molecular weight excluding hydrogens is 326 g/mol. The molecule has 2 aromatic heterocycles. The van der Waals surface area contributed by atoms with Gasteiger partial charge >= 0.3 is 0 Å². The Morgan fingerprint density at radius 2 is 2.25 bits per heavy atom. The van der Waals surface area contributed by atoms with E-state index in [2.05, 4.69) is 22.3 Å². The first-order valence-electron chi connectivity index (χ1n) is 7.73. The highest BCUT2D eigenvalue weighted by molar-refractivity contribution is 6.31. The summed E-state index contributed by atoms with van der Waals surface area (Å²) in [7, 11) is 3.74. The van der Waals surface area contributed by atoms with Crippen LogP contribution >= 0.6 is 11.6 Å². The normalized spacial score (nSPS) is 11.0. The standard InChI is InChI=1S/C17H22ClN5O/c1-5-22(3)15-10-13(8-9-19-15)11-20-16(24)7-6-14-12(2)21-23(4)17(14)18/h6-10H,5,11H2,1-4H3,(H,20,24)/b7-6-. The predicted molar refractivity (Wildman–Crippen MR) is 97.0 cm³/mol. The number of hydrogen-bond donors (Lipinski definition) is 1. The fourth-order valence-electron chi connectivity index (χ4n) is 2.18. The van der Waals surface area contributed by atoms with E-state index >= 15 is 0 Å². The lowest BCUT2D eigenvalue weighted by Gasteiger charge is -2.16. The molecule has 6 nitrogen and oxygen atoms in total. The highest BCUT2D eigenvalue weighted by atomic mass is 35.5. The van der Waals surface area contributed by atoms with Crippen molar-refractivity contribution in [3.8, 4) is 0 Å². The van der Waals surface area contributed by atoms with Gasteiger partial charge in [-0.05, 0) is 37.6 Å². The van der Waals surface area contributed by atoms with Crippen LogP contribution in [0.4, 0.5) is 5.82 Å². The maximum absolute atomic E-state index is 12.0. The van der Waals surface area contributed by atoms with Crippen molar-refractivity contribution in [3.63, 3.8) is 0 Å². The highest BCUT2D eigenvalue weighted by Crippen LogP contribution is 2.19. The lowest BCUT2D eigenvalue weighted by molar-refractivity contribution is -0.116. The van der Waals surface area contributed by atoms with Crippen molar-refractivity contribution in [2.75, 3.05) is 18.5 Å². The Kier molecular flexibility index (Phi) is 5.98. The average molecular weight is 348 g/mol. The molecule has 128 valence electrons. The Balaban J connectivity index is 1.97. The van der Waals surface area contributed by atoms with Crippen LogP contribution in [0.5, 0.6) is 0 Å². The molecule has 0 fully saturated rings. The third-order valence-electron chi connectivity index (χ3n) is 3.74. The molecular formula is C17H22ClN5O. The third-order valence-corrected chi connectivity index (χ3v) is 4.19. The molecule has 1 amide bonds. The van der Waals surface area contributed by atoms with E-state index in [0.29, 0.717) is 11.7 Å². The Bertz CT molecular complexity index is 753. The van der Waals surface area contributed by atoms with Gasteiger partial charge in [0, 0.05) is 45.0 Å². The second kappa shape index (κ2) is 7.97. The summed E-state index contributed by atoms with van der Waals surface area (Å²) in [6.45, 7) is 5.23. The summed E-state index contributed by atoms with van der Waals surface area (Å²) in [5, 5.41) is 7.58. The Hall–Kier alpha value is -2.34. The number of hydrogen-bond acceptors (Lipinski definition) is 4. The largest absolute Gasteiger partial charge is 0.360 e. The number of pyridine rings is 1. The van der Waals surface area contributed by atoms with Crippen molar-refractivity contribution in [2.24, 2.45) is 7.05 Å². The monoisotopic (exact) mass is 347 g/mol. The number of aromatic nitrogens is 3. The van der Waals surface area contributed by atoms with Gasteiger partial charge in [0.1, 0.15) is 11.0 Å². The summed E-state index contributed by atoms with van der Waals surface area (Å²) in [4.78, 5) is 18.4. The van der Waals surface area contributed by atoms with E-state index in [-0.39, 0.29) is 5.91 Å². The molecule has 7 heteroatoms. The summed E-state index contributed by atoms with van der Waals surface area (Å²) in [5.74, 6) is 0.703. The fraction of sp³-hybridized carbons (Fsp3) is 0.353. The molecule has 0 saturated carbocycles. The zero-order valence-corrected chi connectivity index (χ0v) is 15.1. The molecule has 0 saturated heterocycles. The number of halogens is 1. The smallest absolute Gasteiger partial charge is 0.244 e. The third kappa shape index (κ3) is 4.35. The lowest BCUT2D eigenvalue weighted by atomic mass is 10.2. The van der Waals surface area contributed by atoms with Crippen LogP contribution in [-0.4, -0.2) is 34.3 Å².